The maximum Gasteiger partial charge on any atom is 0.292 e. The number of halogens is 1. The first kappa shape index (κ1) is 12.4. The minimum atomic E-state index is -0.510. The van der Waals surface area contributed by atoms with Crippen molar-refractivity contribution < 1.29 is 9.31 Å². The van der Waals surface area contributed by atoms with E-state index in [-0.39, 0.29) is 17.4 Å². The van der Waals surface area contributed by atoms with Crippen LogP contribution < -0.4 is 5.32 Å². The van der Waals surface area contributed by atoms with Crippen LogP contribution in [0.25, 0.3) is 0 Å². The summed E-state index contributed by atoms with van der Waals surface area (Å²) in [6.45, 7) is 3.96. The van der Waals surface area contributed by atoms with Crippen LogP contribution in [0.15, 0.2) is 18.2 Å². The maximum absolute atomic E-state index is 13.0. The zero-order valence-electron chi connectivity index (χ0n) is 9.37. The van der Waals surface area contributed by atoms with Crippen molar-refractivity contribution in [2.24, 2.45) is 0 Å². The molecular formula is C11H15FN2O2. The molecule has 0 aliphatic heterocycles. The Morgan fingerprint density at radius 3 is 2.56 bits per heavy atom. The summed E-state index contributed by atoms with van der Waals surface area (Å²) < 4.78 is 13.0. The lowest BCUT2D eigenvalue weighted by molar-refractivity contribution is -0.384. The molecule has 0 spiro atoms. The molecule has 1 aromatic carbocycles. The summed E-state index contributed by atoms with van der Waals surface area (Å²) in [5.41, 5.74) is 0.159. The second kappa shape index (κ2) is 5.44. The highest BCUT2D eigenvalue weighted by atomic mass is 19.1. The van der Waals surface area contributed by atoms with Crippen LogP contribution in [0, 0.1) is 15.9 Å². The number of rotatable bonds is 5. The number of anilines is 1. The van der Waals surface area contributed by atoms with Gasteiger partial charge < -0.3 is 5.32 Å². The van der Waals surface area contributed by atoms with E-state index < -0.39 is 10.7 Å². The highest BCUT2D eigenvalue weighted by Gasteiger charge is 2.16. The minimum absolute atomic E-state index is 0.0895. The molecule has 0 saturated heterocycles. The van der Waals surface area contributed by atoms with Gasteiger partial charge in [-0.1, -0.05) is 13.8 Å². The fourth-order valence-corrected chi connectivity index (χ4v) is 1.50. The lowest BCUT2D eigenvalue weighted by Crippen LogP contribution is -2.17. The van der Waals surface area contributed by atoms with E-state index in [1.807, 2.05) is 13.8 Å². The number of nitrogens with one attached hydrogen (secondary N) is 1. The number of nitro benzene ring substituents is 1. The van der Waals surface area contributed by atoms with E-state index in [2.05, 4.69) is 5.32 Å². The second-order valence-electron chi connectivity index (χ2n) is 3.58. The summed E-state index contributed by atoms with van der Waals surface area (Å²) in [6.07, 6.45) is 1.67. The SMILES string of the molecule is CCC(CC)Nc1cc(F)ccc1[N+](=O)[O-]. The molecule has 1 aromatic rings. The Balaban J connectivity index is 3.00. The van der Waals surface area contributed by atoms with Gasteiger partial charge in [0.2, 0.25) is 0 Å². The van der Waals surface area contributed by atoms with Crippen molar-refractivity contribution in [1.29, 1.82) is 0 Å². The first-order valence-electron chi connectivity index (χ1n) is 5.29. The summed E-state index contributed by atoms with van der Waals surface area (Å²) in [5, 5.41) is 13.7. The van der Waals surface area contributed by atoms with Crippen molar-refractivity contribution in [3.05, 3.63) is 34.1 Å². The quantitative estimate of drug-likeness (QED) is 0.618. The lowest BCUT2D eigenvalue weighted by atomic mass is 10.1. The third-order valence-electron chi connectivity index (χ3n) is 2.50. The van der Waals surface area contributed by atoms with E-state index in [9.17, 15) is 14.5 Å². The van der Waals surface area contributed by atoms with Gasteiger partial charge in [0, 0.05) is 18.2 Å². The summed E-state index contributed by atoms with van der Waals surface area (Å²) in [4.78, 5) is 10.2. The van der Waals surface area contributed by atoms with Gasteiger partial charge in [0.15, 0.2) is 0 Å². The molecule has 0 bridgehead atoms. The van der Waals surface area contributed by atoms with E-state index in [0.29, 0.717) is 0 Å². The average molecular weight is 226 g/mol. The zero-order chi connectivity index (χ0) is 12.1. The third kappa shape index (κ3) is 2.92. The molecule has 4 nitrogen and oxygen atoms in total. The predicted molar refractivity (Wildman–Crippen MR) is 61.0 cm³/mol. The Labute approximate surface area is 93.6 Å². The van der Waals surface area contributed by atoms with Crippen LogP contribution in [0.3, 0.4) is 0 Å². The highest BCUT2D eigenvalue weighted by Crippen LogP contribution is 2.26. The lowest BCUT2D eigenvalue weighted by Gasteiger charge is -2.16. The molecule has 0 aliphatic carbocycles. The second-order valence-corrected chi connectivity index (χ2v) is 3.58. The number of nitrogens with zero attached hydrogens (tertiary/aromatic N) is 1. The van der Waals surface area contributed by atoms with Gasteiger partial charge in [-0.25, -0.2) is 4.39 Å². The van der Waals surface area contributed by atoms with Gasteiger partial charge in [-0.3, -0.25) is 10.1 Å². The van der Waals surface area contributed by atoms with Crippen molar-refractivity contribution >= 4 is 11.4 Å². The zero-order valence-corrected chi connectivity index (χ0v) is 9.37. The van der Waals surface area contributed by atoms with Crippen molar-refractivity contribution in [2.45, 2.75) is 32.7 Å². The van der Waals surface area contributed by atoms with Gasteiger partial charge in [0.25, 0.3) is 5.69 Å². The monoisotopic (exact) mass is 226 g/mol. The molecule has 0 aromatic heterocycles. The minimum Gasteiger partial charge on any atom is -0.377 e. The van der Waals surface area contributed by atoms with E-state index >= 15 is 0 Å². The van der Waals surface area contributed by atoms with Gasteiger partial charge in [0.1, 0.15) is 11.5 Å². The van der Waals surface area contributed by atoms with Crippen LogP contribution in [0.5, 0.6) is 0 Å². The number of hydrogen-bond acceptors (Lipinski definition) is 3. The Morgan fingerprint density at radius 1 is 1.44 bits per heavy atom. The number of benzene rings is 1. The fraction of sp³-hybridized carbons (Fsp3) is 0.455. The molecule has 0 saturated carbocycles. The summed E-state index contributed by atoms with van der Waals surface area (Å²) >= 11 is 0. The molecule has 16 heavy (non-hydrogen) atoms. The van der Waals surface area contributed by atoms with E-state index in [0.717, 1.165) is 25.0 Å². The topological polar surface area (TPSA) is 55.2 Å². The van der Waals surface area contributed by atoms with Gasteiger partial charge in [-0.15, -0.1) is 0 Å². The van der Waals surface area contributed by atoms with Crippen molar-refractivity contribution in [1.82, 2.24) is 0 Å². The number of hydrogen-bond donors (Lipinski definition) is 1. The Morgan fingerprint density at radius 2 is 2.06 bits per heavy atom. The van der Waals surface area contributed by atoms with Crippen molar-refractivity contribution in [2.75, 3.05) is 5.32 Å². The van der Waals surface area contributed by atoms with Gasteiger partial charge in [-0.2, -0.15) is 0 Å². The van der Waals surface area contributed by atoms with E-state index in [1.54, 1.807) is 0 Å². The highest BCUT2D eigenvalue weighted by molar-refractivity contribution is 5.61. The molecule has 1 rings (SSSR count). The molecule has 0 atom stereocenters. The molecule has 88 valence electrons. The molecule has 0 amide bonds. The molecule has 0 aliphatic rings. The summed E-state index contributed by atoms with van der Waals surface area (Å²) in [6, 6.07) is 3.56. The Bertz CT molecular complexity index is 378. The molecule has 1 N–H and O–H groups in total. The first-order valence-corrected chi connectivity index (χ1v) is 5.29. The summed E-state index contributed by atoms with van der Waals surface area (Å²) in [7, 11) is 0. The van der Waals surface area contributed by atoms with Gasteiger partial charge in [0.05, 0.1) is 4.92 Å². The van der Waals surface area contributed by atoms with Crippen LogP contribution in [0.2, 0.25) is 0 Å². The number of nitro groups is 1. The predicted octanol–water partition coefficient (Wildman–Crippen LogP) is 3.33. The molecular weight excluding hydrogens is 211 g/mol. The fourth-order valence-electron chi connectivity index (χ4n) is 1.50. The van der Waals surface area contributed by atoms with Crippen molar-refractivity contribution in [3.8, 4) is 0 Å². The summed E-state index contributed by atoms with van der Waals surface area (Å²) in [5.74, 6) is -0.473. The van der Waals surface area contributed by atoms with Gasteiger partial charge in [-0.05, 0) is 18.9 Å². The normalized spacial score (nSPS) is 10.5. The Kier molecular flexibility index (Phi) is 4.22. The first-order chi connectivity index (χ1) is 7.58. The van der Waals surface area contributed by atoms with Crippen LogP contribution in [0.4, 0.5) is 15.8 Å². The maximum atomic E-state index is 13.0. The van der Waals surface area contributed by atoms with E-state index in [4.69, 9.17) is 0 Å². The standard InChI is InChI=1S/C11H15FN2O2/c1-3-9(4-2)13-10-7-8(12)5-6-11(10)14(15)16/h5-7,9,13H,3-4H2,1-2H3. The molecule has 0 heterocycles. The average Bonchev–Trinajstić information content (AvgIpc) is 2.25. The van der Waals surface area contributed by atoms with Crippen LogP contribution in [-0.2, 0) is 0 Å². The molecule has 0 unspecified atom stereocenters. The van der Waals surface area contributed by atoms with Gasteiger partial charge >= 0.3 is 0 Å². The molecule has 0 radical (unpaired) electrons. The van der Waals surface area contributed by atoms with Crippen LogP contribution in [-0.4, -0.2) is 11.0 Å². The largest absolute Gasteiger partial charge is 0.377 e. The molecule has 5 heteroatoms. The van der Waals surface area contributed by atoms with E-state index in [1.165, 1.54) is 6.07 Å². The molecule has 0 fully saturated rings. The van der Waals surface area contributed by atoms with Crippen LogP contribution >= 0.6 is 0 Å². The third-order valence-corrected chi connectivity index (χ3v) is 2.50. The van der Waals surface area contributed by atoms with Crippen molar-refractivity contribution in [3.63, 3.8) is 0 Å². The smallest absolute Gasteiger partial charge is 0.292 e. The van der Waals surface area contributed by atoms with Crippen LogP contribution in [0.1, 0.15) is 26.7 Å². The Hall–Kier alpha value is -1.65.